The van der Waals surface area contributed by atoms with E-state index in [-0.39, 0.29) is 46.9 Å². The van der Waals surface area contributed by atoms with Crippen molar-refractivity contribution in [3.05, 3.63) is 95.0 Å². The number of rotatable bonds is 6. The molecular formula is C31H35N3O6Si. The van der Waals surface area contributed by atoms with Gasteiger partial charge in [0.05, 0.1) is 23.5 Å². The Morgan fingerprint density at radius 2 is 1.56 bits per heavy atom. The molecule has 0 radical (unpaired) electrons. The first-order valence-corrected chi connectivity index (χ1v) is 15.8. The second-order valence-electron chi connectivity index (χ2n) is 11.7. The number of piperidine rings is 2. The summed E-state index contributed by atoms with van der Waals surface area (Å²) in [6, 6.07) is 25.9. The van der Waals surface area contributed by atoms with Crippen LogP contribution >= 0.6 is 0 Å². The molecule has 1 N–H and O–H groups in total. The number of nitro benzene ring substituents is 1. The van der Waals surface area contributed by atoms with Gasteiger partial charge in [0.1, 0.15) is 5.75 Å². The Kier molecular flexibility index (Phi) is 7.97. The molecule has 1 unspecified atom stereocenters. The number of benzene rings is 3. The van der Waals surface area contributed by atoms with E-state index in [0.717, 1.165) is 10.4 Å². The first kappa shape index (κ1) is 28.5. The van der Waals surface area contributed by atoms with Gasteiger partial charge in [-0.2, -0.15) is 0 Å². The van der Waals surface area contributed by atoms with E-state index in [1.807, 2.05) is 36.4 Å². The van der Waals surface area contributed by atoms with Crippen molar-refractivity contribution in [2.24, 2.45) is 5.92 Å². The second kappa shape index (κ2) is 11.5. The zero-order valence-electron chi connectivity index (χ0n) is 23.5. The molecule has 2 saturated heterocycles. The summed E-state index contributed by atoms with van der Waals surface area (Å²) in [5.74, 6) is 0.154. The van der Waals surface area contributed by atoms with Gasteiger partial charge in [0.15, 0.2) is 0 Å². The first-order valence-electron chi connectivity index (χ1n) is 13.9. The SMILES string of the molecule is CC(C)(C)[Si](OC1CC(=O)N[C@@H]2CN(C(=O)Oc3ccc([N+](=O)[O-])cc3)CC[C@H]12)(c1ccccc1)c1ccccc1. The molecule has 2 fully saturated rings. The number of amides is 2. The van der Waals surface area contributed by atoms with Crippen molar-refractivity contribution in [1.82, 2.24) is 10.2 Å². The minimum Gasteiger partial charge on any atom is -0.410 e. The van der Waals surface area contributed by atoms with Crippen LogP contribution in [0, 0.1) is 16.0 Å². The third-order valence-electron chi connectivity index (χ3n) is 8.13. The van der Waals surface area contributed by atoms with Crippen LogP contribution in [0.5, 0.6) is 5.75 Å². The summed E-state index contributed by atoms with van der Waals surface area (Å²) in [5.41, 5.74) is -0.0811. The van der Waals surface area contributed by atoms with E-state index in [4.69, 9.17) is 9.16 Å². The third-order valence-corrected chi connectivity index (χ3v) is 13.2. The maximum Gasteiger partial charge on any atom is 0.415 e. The van der Waals surface area contributed by atoms with Gasteiger partial charge in [0.2, 0.25) is 5.91 Å². The van der Waals surface area contributed by atoms with E-state index in [0.29, 0.717) is 19.5 Å². The number of fused-ring (bicyclic) bond motifs is 1. The van der Waals surface area contributed by atoms with E-state index in [1.165, 1.54) is 24.3 Å². The lowest BCUT2D eigenvalue weighted by molar-refractivity contribution is -0.384. The maximum atomic E-state index is 13.0. The first-order chi connectivity index (χ1) is 19.6. The Bertz CT molecular complexity index is 1360. The van der Waals surface area contributed by atoms with Crippen molar-refractivity contribution in [3.63, 3.8) is 0 Å². The number of ether oxygens (including phenoxy) is 1. The van der Waals surface area contributed by atoms with Crippen molar-refractivity contribution < 1.29 is 23.7 Å². The summed E-state index contributed by atoms with van der Waals surface area (Å²) < 4.78 is 12.9. The fraction of sp³-hybridized carbons (Fsp3) is 0.355. The highest BCUT2D eigenvalue weighted by Gasteiger charge is 2.54. The quantitative estimate of drug-likeness (QED) is 0.268. The van der Waals surface area contributed by atoms with Crippen LogP contribution in [-0.2, 0) is 9.22 Å². The number of non-ortho nitro benzene ring substituents is 1. The van der Waals surface area contributed by atoms with Crippen LogP contribution in [0.15, 0.2) is 84.9 Å². The molecule has 0 aliphatic carbocycles. The average Bonchev–Trinajstić information content (AvgIpc) is 2.96. The van der Waals surface area contributed by atoms with E-state index >= 15 is 0 Å². The summed E-state index contributed by atoms with van der Waals surface area (Å²) in [7, 11) is -2.88. The van der Waals surface area contributed by atoms with Crippen LogP contribution < -0.4 is 20.4 Å². The van der Waals surface area contributed by atoms with Gasteiger partial charge in [-0.05, 0) is 34.0 Å². The summed E-state index contributed by atoms with van der Waals surface area (Å²) >= 11 is 0. The topological polar surface area (TPSA) is 111 Å². The molecule has 10 heteroatoms. The van der Waals surface area contributed by atoms with Crippen molar-refractivity contribution >= 4 is 36.4 Å². The van der Waals surface area contributed by atoms with Crippen LogP contribution in [0.25, 0.3) is 0 Å². The largest absolute Gasteiger partial charge is 0.415 e. The molecular weight excluding hydrogens is 538 g/mol. The molecule has 0 bridgehead atoms. The van der Waals surface area contributed by atoms with E-state index in [1.54, 1.807) is 4.90 Å². The molecule has 2 aliphatic heterocycles. The van der Waals surface area contributed by atoms with Gasteiger partial charge in [-0.3, -0.25) is 14.9 Å². The Morgan fingerprint density at radius 1 is 0.976 bits per heavy atom. The zero-order chi connectivity index (χ0) is 29.2. The Morgan fingerprint density at radius 3 is 2.10 bits per heavy atom. The minimum absolute atomic E-state index is 0.0257. The average molecular weight is 574 g/mol. The number of likely N-dealkylation sites (tertiary alicyclic amines) is 1. The van der Waals surface area contributed by atoms with Crippen LogP contribution in [-0.4, -0.2) is 55.4 Å². The van der Waals surface area contributed by atoms with Crippen molar-refractivity contribution in [2.75, 3.05) is 13.1 Å². The van der Waals surface area contributed by atoms with Gasteiger partial charge in [-0.25, -0.2) is 4.79 Å². The molecule has 3 aromatic carbocycles. The van der Waals surface area contributed by atoms with Crippen molar-refractivity contribution in [2.45, 2.75) is 50.8 Å². The highest BCUT2D eigenvalue weighted by Crippen LogP contribution is 2.40. The van der Waals surface area contributed by atoms with E-state index < -0.39 is 19.3 Å². The standard InChI is InChI=1S/C31H35N3O6Si/c1-31(2,3)41(24-10-6-4-7-11-24,25-12-8-5-9-13-25)40-28-20-29(35)32-27-21-33(19-18-26(27)28)30(36)39-23-16-14-22(15-17-23)34(37)38/h4-17,26-28H,18-21H2,1-3H3,(H,32,35)/t26-,27+,28?/m0/s1. The monoisotopic (exact) mass is 573 g/mol. The lowest BCUT2D eigenvalue weighted by atomic mass is 9.82. The van der Waals surface area contributed by atoms with Gasteiger partial charge >= 0.3 is 6.09 Å². The van der Waals surface area contributed by atoms with Crippen LogP contribution in [0.1, 0.15) is 33.6 Å². The fourth-order valence-corrected chi connectivity index (χ4v) is 10.9. The molecule has 2 amide bonds. The molecule has 3 atom stereocenters. The number of nitrogens with one attached hydrogen (secondary N) is 1. The molecule has 41 heavy (non-hydrogen) atoms. The zero-order valence-corrected chi connectivity index (χ0v) is 24.5. The molecule has 2 aliphatic rings. The highest BCUT2D eigenvalue weighted by molar-refractivity contribution is 6.99. The lowest BCUT2D eigenvalue weighted by Gasteiger charge is -2.50. The molecule has 0 spiro atoms. The molecule has 0 aromatic heterocycles. The summed E-state index contributed by atoms with van der Waals surface area (Å²) in [6.07, 6.45) is 0.0386. The molecule has 0 saturated carbocycles. The smallest absolute Gasteiger partial charge is 0.410 e. The normalized spacial score (nSPS) is 21.0. The Labute approximate surface area is 240 Å². The molecule has 5 rings (SSSR count). The van der Waals surface area contributed by atoms with E-state index in [9.17, 15) is 19.7 Å². The summed E-state index contributed by atoms with van der Waals surface area (Å²) in [6.45, 7) is 7.40. The Hall–Kier alpha value is -4.02. The predicted octanol–water partition coefficient (Wildman–Crippen LogP) is 4.25. The van der Waals surface area contributed by atoms with Gasteiger partial charge in [0, 0.05) is 31.1 Å². The van der Waals surface area contributed by atoms with Gasteiger partial charge < -0.3 is 19.4 Å². The van der Waals surface area contributed by atoms with Crippen LogP contribution in [0.3, 0.4) is 0 Å². The van der Waals surface area contributed by atoms with Gasteiger partial charge in [0.25, 0.3) is 14.0 Å². The predicted molar refractivity (Wildman–Crippen MR) is 158 cm³/mol. The lowest BCUT2D eigenvalue weighted by Crippen LogP contribution is -2.70. The van der Waals surface area contributed by atoms with Crippen molar-refractivity contribution in [3.8, 4) is 5.75 Å². The van der Waals surface area contributed by atoms with Crippen molar-refractivity contribution in [1.29, 1.82) is 0 Å². The molecule has 3 aromatic rings. The number of nitrogens with zero attached hydrogens (tertiary/aromatic N) is 2. The molecule has 214 valence electrons. The molecule has 2 heterocycles. The second-order valence-corrected chi connectivity index (χ2v) is 16.0. The van der Waals surface area contributed by atoms with Gasteiger partial charge in [-0.1, -0.05) is 81.4 Å². The minimum atomic E-state index is -2.88. The number of nitro groups is 1. The van der Waals surface area contributed by atoms with E-state index in [2.05, 4.69) is 50.4 Å². The van der Waals surface area contributed by atoms with Crippen LogP contribution in [0.4, 0.5) is 10.5 Å². The summed E-state index contributed by atoms with van der Waals surface area (Å²) in [5, 5.41) is 16.1. The number of hydrogen-bond donors (Lipinski definition) is 1. The fourth-order valence-electron chi connectivity index (χ4n) is 6.18. The molecule has 9 nitrogen and oxygen atoms in total. The Balaban J connectivity index is 1.39. The van der Waals surface area contributed by atoms with Gasteiger partial charge in [-0.15, -0.1) is 0 Å². The number of carbonyl (C=O) groups excluding carboxylic acids is 2. The number of hydrogen-bond acceptors (Lipinski definition) is 6. The summed E-state index contributed by atoms with van der Waals surface area (Å²) in [4.78, 5) is 38.0. The third kappa shape index (κ3) is 5.75. The van der Waals surface area contributed by atoms with Crippen LogP contribution in [0.2, 0.25) is 5.04 Å². The maximum absolute atomic E-state index is 13.0. The number of carbonyl (C=O) groups is 2. The highest BCUT2D eigenvalue weighted by atomic mass is 28.4.